The van der Waals surface area contributed by atoms with Crippen molar-refractivity contribution < 1.29 is 14.3 Å². The van der Waals surface area contributed by atoms with E-state index in [1.54, 1.807) is 0 Å². The van der Waals surface area contributed by atoms with Gasteiger partial charge < -0.3 is 15.0 Å². The van der Waals surface area contributed by atoms with Gasteiger partial charge in [-0.15, -0.1) is 0 Å². The first-order valence-electron chi connectivity index (χ1n) is 9.05. The van der Waals surface area contributed by atoms with Crippen LogP contribution in [0.3, 0.4) is 0 Å². The molecule has 0 fully saturated rings. The molecular formula is C21H28N2O3. The maximum atomic E-state index is 12.6. The molecule has 0 saturated carbocycles. The Morgan fingerprint density at radius 2 is 1.85 bits per heavy atom. The standard InChI is InChI=1S/C21H28N2O3/c1-6-18-19(15(5)24)14(4)23-20(18)21(25)22-11-16-7-9-17(10-8-16)26-12-13(2)3/h7-10,13,23H,6,11-12H2,1-5H3,(H,22,25). The normalized spacial score (nSPS) is 10.8. The van der Waals surface area contributed by atoms with Crippen LogP contribution < -0.4 is 10.1 Å². The van der Waals surface area contributed by atoms with Crippen molar-refractivity contribution in [3.05, 3.63) is 52.3 Å². The van der Waals surface area contributed by atoms with Gasteiger partial charge in [-0.25, -0.2) is 0 Å². The number of hydrogen-bond donors (Lipinski definition) is 2. The lowest BCUT2D eigenvalue weighted by molar-refractivity contribution is 0.0945. The Morgan fingerprint density at radius 3 is 2.38 bits per heavy atom. The van der Waals surface area contributed by atoms with Crippen LogP contribution in [0.15, 0.2) is 24.3 Å². The fourth-order valence-corrected chi connectivity index (χ4v) is 2.94. The van der Waals surface area contributed by atoms with Gasteiger partial charge in [-0.3, -0.25) is 9.59 Å². The van der Waals surface area contributed by atoms with Crippen molar-refractivity contribution in [2.45, 2.75) is 47.6 Å². The second-order valence-corrected chi connectivity index (χ2v) is 6.92. The SMILES string of the molecule is CCc1c(C(=O)NCc2ccc(OCC(C)C)cc2)[nH]c(C)c1C(C)=O. The number of aryl methyl sites for hydroxylation is 1. The molecule has 0 atom stereocenters. The van der Waals surface area contributed by atoms with Gasteiger partial charge in [0.25, 0.3) is 5.91 Å². The first kappa shape index (κ1) is 19.8. The number of carbonyl (C=O) groups excluding carboxylic acids is 2. The van der Waals surface area contributed by atoms with Crippen molar-refractivity contribution in [1.82, 2.24) is 10.3 Å². The van der Waals surface area contributed by atoms with Gasteiger partial charge in [-0.2, -0.15) is 0 Å². The molecule has 0 aliphatic heterocycles. The Morgan fingerprint density at radius 1 is 1.19 bits per heavy atom. The topological polar surface area (TPSA) is 71.2 Å². The Hall–Kier alpha value is -2.56. The molecule has 5 heteroatoms. The number of nitrogens with one attached hydrogen (secondary N) is 2. The fourth-order valence-electron chi connectivity index (χ4n) is 2.94. The number of H-pyrrole nitrogens is 1. The zero-order valence-electron chi connectivity index (χ0n) is 16.2. The van der Waals surface area contributed by atoms with Crippen molar-refractivity contribution in [2.75, 3.05) is 6.61 Å². The van der Waals surface area contributed by atoms with E-state index < -0.39 is 0 Å². The number of aromatic amines is 1. The van der Waals surface area contributed by atoms with E-state index in [2.05, 4.69) is 24.1 Å². The average Bonchev–Trinajstić information content (AvgIpc) is 2.95. The number of amides is 1. The Kier molecular flexibility index (Phi) is 6.61. The number of Topliss-reactive ketones (excluding diaryl/α,β-unsaturated/α-hetero) is 1. The Bertz CT molecular complexity index is 773. The van der Waals surface area contributed by atoms with E-state index in [9.17, 15) is 9.59 Å². The lowest BCUT2D eigenvalue weighted by atomic mass is 10.0. The highest BCUT2D eigenvalue weighted by molar-refractivity contribution is 6.02. The van der Waals surface area contributed by atoms with Crippen molar-refractivity contribution in [3.8, 4) is 5.75 Å². The van der Waals surface area contributed by atoms with Crippen LogP contribution in [-0.4, -0.2) is 23.3 Å². The summed E-state index contributed by atoms with van der Waals surface area (Å²) in [5.74, 6) is 1.09. The summed E-state index contributed by atoms with van der Waals surface area (Å²) in [6.07, 6.45) is 0.629. The molecule has 2 aromatic rings. The number of rotatable bonds is 8. The van der Waals surface area contributed by atoms with Crippen LogP contribution in [0.4, 0.5) is 0 Å². The molecule has 1 heterocycles. The summed E-state index contributed by atoms with van der Waals surface area (Å²) < 4.78 is 5.66. The van der Waals surface area contributed by atoms with Gasteiger partial charge in [0.2, 0.25) is 0 Å². The molecule has 1 aromatic carbocycles. The number of carbonyl (C=O) groups is 2. The zero-order valence-corrected chi connectivity index (χ0v) is 16.2. The highest BCUT2D eigenvalue weighted by Gasteiger charge is 2.21. The zero-order chi connectivity index (χ0) is 19.3. The minimum atomic E-state index is -0.197. The minimum Gasteiger partial charge on any atom is -0.493 e. The molecule has 140 valence electrons. The van der Waals surface area contributed by atoms with Crippen molar-refractivity contribution in [2.24, 2.45) is 5.92 Å². The predicted octanol–water partition coefficient (Wildman–Crippen LogP) is 4.05. The highest BCUT2D eigenvalue weighted by atomic mass is 16.5. The van der Waals surface area contributed by atoms with E-state index in [1.807, 2.05) is 38.1 Å². The molecule has 1 amide bonds. The fraction of sp³-hybridized carbons (Fsp3) is 0.429. The van der Waals surface area contributed by atoms with Crippen molar-refractivity contribution in [1.29, 1.82) is 0 Å². The minimum absolute atomic E-state index is 0.0216. The summed E-state index contributed by atoms with van der Waals surface area (Å²) in [7, 11) is 0. The molecule has 0 spiro atoms. The van der Waals surface area contributed by atoms with Gasteiger partial charge >= 0.3 is 0 Å². The second kappa shape index (κ2) is 8.70. The molecule has 0 bridgehead atoms. The number of benzene rings is 1. The summed E-state index contributed by atoms with van der Waals surface area (Å²) in [6.45, 7) is 10.6. The molecule has 1 aromatic heterocycles. The van der Waals surface area contributed by atoms with Gasteiger partial charge in [0.05, 0.1) is 6.61 Å². The molecule has 0 saturated heterocycles. The largest absolute Gasteiger partial charge is 0.493 e. The van der Waals surface area contributed by atoms with Gasteiger partial charge in [-0.1, -0.05) is 32.9 Å². The van der Waals surface area contributed by atoms with Crippen LogP contribution in [0, 0.1) is 12.8 Å². The van der Waals surface area contributed by atoms with E-state index in [1.165, 1.54) is 6.92 Å². The van der Waals surface area contributed by atoms with E-state index in [0.29, 0.717) is 36.7 Å². The number of aromatic nitrogens is 1. The first-order chi connectivity index (χ1) is 12.3. The summed E-state index contributed by atoms with van der Waals surface area (Å²) in [5, 5.41) is 2.92. The van der Waals surface area contributed by atoms with Crippen LogP contribution in [0.1, 0.15) is 65.4 Å². The average molecular weight is 356 g/mol. The van der Waals surface area contributed by atoms with Crippen LogP contribution in [0.5, 0.6) is 5.75 Å². The van der Waals surface area contributed by atoms with Gasteiger partial charge in [0.1, 0.15) is 11.4 Å². The van der Waals surface area contributed by atoms with Crippen LogP contribution >= 0.6 is 0 Å². The van der Waals surface area contributed by atoms with E-state index in [4.69, 9.17) is 4.74 Å². The molecule has 5 nitrogen and oxygen atoms in total. The number of hydrogen-bond acceptors (Lipinski definition) is 3. The third-order valence-corrected chi connectivity index (χ3v) is 4.18. The monoisotopic (exact) mass is 356 g/mol. The smallest absolute Gasteiger partial charge is 0.268 e. The molecular weight excluding hydrogens is 328 g/mol. The van der Waals surface area contributed by atoms with E-state index in [-0.39, 0.29) is 11.7 Å². The molecule has 26 heavy (non-hydrogen) atoms. The van der Waals surface area contributed by atoms with Gasteiger partial charge in [0.15, 0.2) is 5.78 Å². The Balaban J connectivity index is 2.03. The summed E-state index contributed by atoms with van der Waals surface area (Å²) in [6, 6.07) is 7.71. The molecule has 0 unspecified atom stereocenters. The number of ether oxygens (including phenoxy) is 1. The maximum Gasteiger partial charge on any atom is 0.268 e. The summed E-state index contributed by atoms with van der Waals surface area (Å²) in [4.78, 5) is 27.4. The van der Waals surface area contributed by atoms with Crippen LogP contribution in [-0.2, 0) is 13.0 Å². The van der Waals surface area contributed by atoms with Gasteiger partial charge in [0, 0.05) is 17.8 Å². The molecule has 0 aliphatic rings. The second-order valence-electron chi connectivity index (χ2n) is 6.92. The lowest BCUT2D eigenvalue weighted by Gasteiger charge is -2.10. The van der Waals surface area contributed by atoms with Crippen molar-refractivity contribution in [3.63, 3.8) is 0 Å². The molecule has 2 N–H and O–H groups in total. The lowest BCUT2D eigenvalue weighted by Crippen LogP contribution is -2.24. The Labute approximate surface area is 155 Å². The third kappa shape index (κ3) is 4.75. The molecule has 0 aliphatic carbocycles. The van der Waals surface area contributed by atoms with Crippen molar-refractivity contribution >= 4 is 11.7 Å². The van der Waals surface area contributed by atoms with E-state index >= 15 is 0 Å². The molecule has 0 radical (unpaired) electrons. The predicted molar refractivity (Wildman–Crippen MR) is 103 cm³/mol. The quantitative estimate of drug-likeness (QED) is 0.701. The van der Waals surface area contributed by atoms with Gasteiger partial charge in [-0.05, 0) is 49.4 Å². The van der Waals surface area contributed by atoms with Crippen LogP contribution in [0.25, 0.3) is 0 Å². The first-order valence-corrected chi connectivity index (χ1v) is 9.05. The third-order valence-electron chi connectivity index (χ3n) is 4.18. The summed E-state index contributed by atoms with van der Waals surface area (Å²) >= 11 is 0. The van der Waals surface area contributed by atoms with E-state index in [0.717, 1.165) is 22.6 Å². The molecule has 2 rings (SSSR count). The highest BCUT2D eigenvalue weighted by Crippen LogP contribution is 2.20. The number of ketones is 1. The summed E-state index contributed by atoms with van der Waals surface area (Å²) in [5.41, 5.74) is 3.62. The van der Waals surface area contributed by atoms with Crippen LogP contribution in [0.2, 0.25) is 0 Å². The maximum absolute atomic E-state index is 12.6.